The number of hydrogen-bond acceptors (Lipinski definition) is 5. The number of nitrogens with one attached hydrogen (secondary N) is 1. The number of rotatable bonds is 8. The van der Waals surface area contributed by atoms with Crippen molar-refractivity contribution in [3.05, 3.63) is 85.4 Å². The molecule has 0 atom stereocenters. The van der Waals surface area contributed by atoms with Gasteiger partial charge < -0.3 is 19.5 Å². The van der Waals surface area contributed by atoms with Crippen LogP contribution in [0.25, 0.3) is 6.08 Å². The molecular weight excluding hydrogens is 599 g/mol. The lowest BCUT2D eigenvalue weighted by Gasteiger charge is -2.13. The first-order valence-electron chi connectivity index (χ1n) is 9.75. The van der Waals surface area contributed by atoms with Gasteiger partial charge in [-0.15, -0.1) is 0 Å². The van der Waals surface area contributed by atoms with Crippen molar-refractivity contribution >= 4 is 56.2 Å². The van der Waals surface area contributed by atoms with Gasteiger partial charge in [0.25, 0.3) is 5.91 Å². The molecule has 3 aromatic carbocycles. The number of carbonyl (C=O) groups is 1. The predicted molar refractivity (Wildman–Crippen MR) is 139 cm³/mol. The molecule has 6 nitrogen and oxygen atoms in total. The summed E-state index contributed by atoms with van der Waals surface area (Å²) in [7, 11) is 3.10. The average Bonchev–Trinajstić information content (AvgIpc) is 2.83. The summed E-state index contributed by atoms with van der Waals surface area (Å²) in [6.07, 6.45) is 1.49. The van der Waals surface area contributed by atoms with Crippen LogP contribution in [0.15, 0.2) is 70.7 Å². The predicted octanol–water partition coefficient (Wildman–Crippen LogP) is 6.20. The SMILES string of the molecule is COc1ccc(NC(=O)/C(C#N)=C\c2cc(OC)c(OCc3ccc(I)cc3)cc2Br)cc1. The molecule has 0 unspecified atom stereocenters. The van der Waals surface area contributed by atoms with E-state index in [1.54, 1.807) is 43.5 Å². The fourth-order valence-electron chi connectivity index (χ4n) is 2.85. The quantitative estimate of drug-likeness (QED) is 0.185. The lowest BCUT2D eigenvalue weighted by molar-refractivity contribution is -0.112. The van der Waals surface area contributed by atoms with Crippen LogP contribution in [0.5, 0.6) is 17.2 Å². The van der Waals surface area contributed by atoms with Gasteiger partial charge in [-0.3, -0.25) is 4.79 Å². The van der Waals surface area contributed by atoms with E-state index in [2.05, 4.69) is 43.8 Å². The third-order valence-electron chi connectivity index (χ3n) is 4.60. The van der Waals surface area contributed by atoms with Gasteiger partial charge in [-0.1, -0.05) is 28.1 Å². The summed E-state index contributed by atoms with van der Waals surface area (Å²) in [5.41, 5.74) is 2.13. The zero-order chi connectivity index (χ0) is 23.8. The van der Waals surface area contributed by atoms with Gasteiger partial charge in [0, 0.05) is 13.7 Å². The van der Waals surface area contributed by atoms with Gasteiger partial charge in [0.2, 0.25) is 0 Å². The van der Waals surface area contributed by atoms with E-state index in [9.17, 15) is 10.1 Å². The molecule has 33 heavy (non-hydrogen) atoms. The number of halogens is 2. The monoisotopic (exact) mass is 618 g/mol. The van der Waals surface area contributed by atoms with Crippen LogP contribution >= 0.6 is 38.5 Å². The Morgan fingerprint density at radius 1 is 1.06 bits per heavy atom. The van der Waals surface area contributed by atoms with Crippen LogP contribution in [0.4, 0.5) is 5.69 Å². The maximum absolute atomic E-state index is 12.6. The minimum Gasteiger partial charge on any atom is -0.497 e. The first kappa shape index (κ1) is 24.6. The summed E-state index contributed by atoms with van der Waals surface area (Å²) >= 11 is 5.75. The van der Waals surface area contributed by atoms with E-state index in [1.165, 1.54) is 13.2 Å². The van der Waals surface area contributed by atoms with Crippen LogP contribution in [-0.2, 0) is 11.4 Å². The first-order chi connectivity index (χ1) is 15.9. The maximum atomic E-state index is 12.6. The second kappa shape index (κ2) is 11.7. The number of hydrogen-bond donors (Lipinski definition) is 1. The van der Waals surface area contributed by atoms with Crippen molar-refractivity contribution in [1.29, 1.82) is 5.26 Å². The maximum Gasteiger partial charge on any atom is 0.266 e. The molecule has 0 bridgehead atoms. The molecule has 8 heteroatoms. The van der Waals surface area contributed by atoms with Crippen molar-refractivity contribution in [2.75, 3.05) is 19.5 Å². The highest BCUT2D eigenvalue weighted by Gasteiger charge is 2.14. The zero-order valence-electron chi connectivity index (χ0n) is 17.9. The number of carbonyl (C=O) groups excluding carboxylic acids is 1. The fourth-order valence-corrected chi connectivity index (χ4v) is 3.65. The van der Waals surface area contributed by atoms with E-state index < -0.39 is 5.91 Å². The standard InChI is InChI=1S/C25H20BrIN2O4/c1-31-21-9-7-20(8-10-21)29-25(30)18(14-28)11-17-12-23(32-2)24(13-22(17)26)33-15-16-3-5-19(27)6-4-16/h3-13H,15H2,1-2H3,(H,29,30)/b18-11-. The van der Waals surface area contributed by atoms with Crippen molar-refractivity contribution in [2.45, 2.75) is 6.61 Å². The molecule has 0 fully saturated rings. The van der Waals surface area contributed by atoms with Crippen LogP contribution in [0.1, 0.15) is 11.1 Å². The first-order valence-corrected chi connectivity index (χ1v) is 11.6. The van der Waals surface area contributed by atoms with Gasteiger partial charge in [0.1, 0.15) is 24.0 Å². The van der Waals surface area contributed by atoms with Crippen molar-refractivity contribution in [1.82, 2.24) is 0 Å². The minimum absolute atomic E-state index is 0.0545. The second-order valence-electron chi connectivity index (χ2n) is 6.79. The van der Waals surface area contributed by atoms with Crippen LogP contribution in [0, 0.1) is 14.9 Å². The number of amides is 1. The van der Waals surface area contributed by atoms with Crippen molar-refractivity contribution in [3.8, 4) is 23.3 Å². The minimum atomic E-state index is -0.521. The van der Waals surface area contributed by atoms with Gasteiger partial charge >= 0.3 is 0 Å². The van der Waals surface area contributed by atoms with Crippen molar-refractivity contribution in [3.63, 3.8) is 0 Å². The second-order valence-corrected chi connectivity index (χ2v) is 8.89. The molecule has 0 radical (unpaired) electrons. The van der Waals surface area contributed by atoms with E-state index in [4.69, 9.17) is 14.2 Å². The topological polar surface area (TPSA) is 80.6 Å². The number of nitriles is 1. The Hall–Kier alpha value is -3.03. The summed E-state index contributed by atoms with van der Waals surface area (Å²) < 4.78 is 18.3. The molecule has 3 aromatic rings. The van der Waals surface area contributed by atoms with Crippen LogP contribution in [0.2, 0.25) is 0 Å². The molecule has 1 amide bonds. The molecule has 0 aromatic heterocycles. The van der Waals surface area contributed by atoms with E-state index in [1.807, 2.05) is 30.3 Å². The van der Waals surface area contributed by atoms with Gasteiger partial charge in [-0.25, -0.2) is 0 Å². The number of nitrogens with zero attached hydrogens (tertiary/aromatic N) is 1. The van der Waals surface area contributed by atoms with Crippen LogP contribution < -0.4 is 19.5 Å². The molecule has 0 aliphatic heterocycles. The van der Waals surface area contributed by atoms with E-state index in [0.717, 1.165) is 9.13 Å². The molecule has 0 spiro atoms. The Morgan fingerprint density at radius 3 is 2.36 bits per heavy atom. The summed E-state index contributed by atoms with van der Waals surface area (Å²) in [4.78, 5) is 12.6. The third-order valence-corrected chi connectivity index (χ3v) is 6.01. The molecule has 0 aliphatic carbocycles. The molecule has 1 N–H and O–H groups in total. The largest absolute Gasteiger partial charge is 0.497 e. The smallest absolute Gasteiger partial charge is 0.266 e. The van der Waals surface area contributed by atoms with Crippen molar-refractivity contribution in [2.24, 2.45) is 0 Å². The molecular formula is C25H20BrIN2O4. The van der Waals surface area contributed by atoms with Crippen LogP contribution in [0.3, 0.4) is 0 Å². The number of anilines is 1. The Balaban J connectivity index is 1.79. The Labute approximate surface area is 214 Å². The fraction of sp³-hybridized carbons (Fsp3) is 0.120. The highest BCUT2D eigenvalue weighted by atomic mass is 127. The normalized spacial score (nSPS) is 10.8. The van der Waals surface area contributed by atoms with E-state index in [-0.39, 0.29) is 5.57 Å². The van der Waals surface area contributed by atoms with Crippen molar-refractivity contribution < 1.29 is 19.0 Å². The lowest BCUT2D eigenvalue weighted by Crippen LogP contribution is -2.13. The van der Waals surface area contributed by atoms with Gasteiger partial charge in [0.15, 0.2) is 11.5 Å². The Kier molecular flexibility index (Phi) is 8.74. The Morgan fingerprint density at radius 2 is 1.76 bits per heavy atom. The van der Waals surface area contributed by atoms with Gasteiger partial charge in [-0.05, 0) is 88.3 Å². The van der Waals surface area contributed by atoms with E-state index in [0.29, 0.717) is 39.6 Å². The number of methoxy groups -OCH3 is 2. The lowest BCUT2D eigenvalue weighted by atomic mass is 10.1. The highest BCUT2D eigenvalue weighted by Crippen LogP contribution is 2.35. The molecule has 0 aliphatic rings. The molecule has 0 heterocycles. The number of ether oxygens (including phenoxy) is 3. The summed E-state index contributed by atoms with van der Waals surface area (Å²) in [6, 6.07) is 20.3. The van der Waals surface area contributed by atoms with E-state index >= 15 is 0 Å². The number of benzene rings is 3. The highest BCUT2D eigenvalue weighted by molar-refractivity contribution is 14.1. The summed E-state index contributed by atoms with van der Waals surface area (Å²) in [5.74, 6) is 1.18. The summed E-state index contributed by atoms with van der Waals surface area (Å²) in [6.45, 7) is 0.378. The van der Waals surface area contributed by atoms with Gasteiger partial charge in [-0.2, -0.15) is 5.26 Å². The Bertz CT molecular complexity index is 1200. The average molecular weight is 619 g/mol. The third kappa shape index (κ3) is 6.73. The van der Waals surface area contributed by atoms with Gasteiger partial charge in [0.05, 0.1) is 14.2 Å². The molecule has 0 saturated heterocycles. The zero-order valence-corrected chi connectivity index (χ0v) is 21.6. The molecule has 0 saturated carbocycles. The van der Waals surface area contributed by atoms with Crippen LogP contribution in [-0.4, -0.2) is 20.1 Å². The summed E-state index contributed by atoms with van der Waals surface area (Å²) in [5, 5.41) is 12.3. The molecule has 168 valence electrons. The molecule has 3 rings (SSSR count).